The van der Waals surface area contributed by atoms with E-state index in [1.807, 2.05) is 55.5 Å². The van der Waals surface area contributed by atoms with E-state index < -0.39 is 30.1 Å². The van der Waals surface area contributed by atoms with Gasteiger partial charge in [-0.2, -0.15) is 0 Å². The lowest BCUT2D eigenvalue weighted by Crippen LogP contribution is -2.35. The molecule has 46 heavy (non-hydrogen) atoms. The molecule has 0 aliphatic heterocycles. The van der Waals surface area contributed by atoms with Crippen molar-refractivity contribution in [2.45, 2.75) is 32.9 Å². The highest BCUT2D eigenvalue weighted by Crippen LogP contribution is 2.27. The Balaban J connectivity index is 1.35. The standard InChI is InChI=1S/C35H36N4O7/c1-22-9-7-8-12-28(22)37-34(43)38-29-18-13-25(19-30(29)45-3)20-31(40)36-27-16-14-26(15-17-27)32(23(2)33(41)42)39-35(44)46-21-24-10-5-4-6-11-24/h4-19,23,32H,20-21H2,1-3H3,(H,36,40)(H,39,44)(H,41,42)(H2,37,38,43)/t23-,32?/m1/s1. The second kappa shape index (κ2) is 15.8. The van der Waals surface area contributed by atoms with Crippen LogP contribution in [0.1, 0.15) is 35.2 Å². The number of carboxylic acids is 1. The topological polar surface area (TPSA) is 155 Å². The van der Waals surface area contributed by atoms with Crippen LogP contribution in [0, 0.1) is 12.8 Å². The molecule has 1 unspecified atom stereocenters. The van der Waals surface area contributed by atoms with Gasteiger partial charge in [0.15, 0.2) is 0 Å². The molecule has 11 heteroatoms. The highest BCUT2D eigenvalue weighted by Gasteiger charge is 2.27. The van der Waals surface area contributed by atoms with E-state index >= 15 is 0 Å². The third-order valence-corrected chi connectivity index (χ3v) is 7.20. The molecule has 4 aromatic rings. The van der Waals surface area contributed by atoms with Crippen LogP contribution in [0.4, 0.5) is 26.7 Å². The van der Waals surface area contributed by atoms with Crippen molar-refractivity contribution in [1.29, 1.82) is 0 Å². The van der Waals surface area contributed by atoms with Crippen molar-refractivity contribution in [3.8, 4) is 5.75 Å². The number of carbonyl (C=O) groups excluding carboxylic acids is 3. The number of rotatable bonds is 12. The maximum Gasteiger partial charge on any atom is 0.407 e. The molecule has 0 spiro atoms. The van der Waals surface area contributed by atoms with Gasteiger partial charge in [0, 0.05) is 11.4 Å². The average molecular weight is 625 g/mol. The van der Waals surface area contributed by atoms with E-state index in [2.05, 4.69) is 21.3 Å². The molecule has 2 atom stereocenters. The summed E-state index contributed by atoms with van der Waals surface area (Å²) in [6.45, 7) is 3.43. The molecule has 0 aliphatic carbocycles. The summed E-state index contributed by atoms with van der Waals surface area (Å²) in [7, 11) is 1.47. The fraction of sp³-hybridized carbons (Fsp3) is 0.200. The molecule has 0 aliphatic rings. The molecule has 0 heterocycles. The van der Waals surface area contributed by atoms with E-state index in [9.17, 15) is 24.3 Å². The lowest BCUT2D eigenvalue weighted by Gasteiger charge is -2.23. The van der Waals surface area contributed by atoms with E-state index in [0.717, 1.165) is 11.1 Å². The fourth-order valence-electron chi connectivity index (χ4n) is 4.63. The Morgan fingerprint density at radius 2 is 1.46 bits per heavy atom. The molecule has 4 amide bonds. The molecule has 4 rings (SSSR count). The molecule has 0 saturated carbocycles. The van der Waals surface area contributed by atoms with E-state index in [1.165, 1.54) is 14.0 Å². The third-order valence-electron chi connectivity index (χ3n) is 7.20. The normalized spacial score (nSPS) is 11.8. The second-order valence-corrected chi connectivity index (χ2v) is 10.6. The number of urea groups is 1. The molecule has 0 saturated heterocycles. The molecule has 238 valence electrons. The van der Waals surface area contributed by atoms with Gasteiger partial charge in [-0.1, -0.05) is 66.7 Å². The van der Waals surface area contributed by atoms with E-state index in [1.54, 1.807) is 48.5 Å². The van der Waals surface area contributed by atoms with Crippen molar-refractivity contribution in [3.05, 3.63) is 119 Å². The van der Waals surface area contributed by atoms with Gasteiger partial charge >= 0.3 is 18.1 Å². The minimum atomic E-state index is -1.09. The number of aliphatic carboxylic acids is 1. The van der Waals surface area contributed by atoms with Gasteiger partial charge in [0.2, 0.25) is 5.91 Å². The number of ether oxygens (including phenoxy) is 2. The Hall–Kier alpha value is -5.84. The Kier molecular flexibility index (Phi) is 11.3. The first-order valence-corrected chi connectivity index (χ1v) is 14.5. The van der Waals surface area contributed by atoms with Gasteiger partial charge in [0.05, 0.1) is 31.2 Å². The number of para-hydroxylation sites is 1. The first-order chi connectivity index (χ1) is 22.1. The van der Waals surface area contributed by atoms with Crippen molar-refractivity contribution >= 4 is 41.1 Å². The minimum Gasteiger partial charge on any atom is -0.495 e. The summed E-state index contributed by atoms with van der Waals surface area (Å²) in [5.74, 6) is -1.95. The number of hydrogen-bond donors (Lipinski definition) is 5. The van der Waals surface area contributed by atoms with Gasteiger partial charge in [0.1, 0.15) is 12.4 Å². The van der Waals surface area contributed by atoms with Gasteiger partial charge in [-0.05, 0) is 66.4 Å². The van der Waals surface area contributed by atoms with Crippen LogP contribution in [0.2, 0.25) is 0 Å². The minimum absolute atomic E-state index is 0.0290. The van der Waals surface area contributed by atoms with Gasteiger partial charge in [-0.25, -0.2) is 9.59 Å². The van der Waals surface area contributed by atoms with Crippen LogP contribution < -0.4 is 26.0 Å². The van der Waals surface area contributed by atoms with Crippen molar-refractivity contribution in [3.63, 3.8) is 0 Å². The smallest absolute Gasteiger partial charge is 0.407 e. The van der Waals surface area contributed by atoms with Gasteiger partial charge < -0.3 is 35.8 Å². The maximum atomic E-state index is 12.8. The number of benzene rings is 4. The fourth-order valence-corrected chi connectivity index (χ4v) is 4.63. The zero-order valence-electron chi connectivity index (χ0n) is 25.7. The molecule has 5 N–H and O–H groups in total. The number of nitrogens with one attached hydrogen (secondary N) is 4. The molecule has 0 aromatic heterocycles. The Labute approximate surface area is 266 Å². The quantitative estimate of drug-likeness (QED) is 0.120. The molecular formula is C35H36N4O7. The summed E-state index contributed by atoms with van der Waals surface area (Å²) in [6.07, 6.45) is -0.718. The zero-order chi connectivity index (χ0) is 33.1. The third kappa shape index (κ3) is 9.33. The average Bonchev–Trinajstić information content (AvgIpc) is 3.05. The number of anilines is 3. The van der Waals surface area contributed by atoms with Crippen molar-refractivity contribution in [2.75, 3.05) is 23.1 Å². The van der Waals surface area contributed by atoms with E-state index in [0.29, 0.717) is 33.9 Å². The summed E-state index contributed by atoms with van der Waals surface area (Å²) in [5.41, 5.74) is 4.52. The van der Waals surface area contributed by atoms with Gasteiger partial charge in [-0.3, -0.25) is 9.59 Å². The van der Waals surface area contributed by atoms with Crippen LogP contribution >= 0.6 is 0 Å². The summed E-state index contributed by atoms with van der Waals surface area (Å²) < 4.78 is 10.7. The second-order valence-electron chi connectivity index (χ2n) is 10.6. The first-order valence-electron chi connectivity index (χ1n) is 14.5. The van der Waals surface area contributed by atoms with E-state index in [-0.39, 0.29) is 18.9 Å². The predicted octanol–water partition coefficient (Wildman–Crippen LogP) is 6.52. The molecule has 4 aromatic carbocycles. The lowest BCUT2D eigenvalue weighted by molar-refractivity contribution is -0.142. The monoisotopic (exact) mass is 624 g/mol. The van der Waals surface area contributed by atoms with Gasteiger partial charge in [-0.15, -0.1) is 0 Å². The van der Waals surface area contributed by atoms with Crippen LogP contribution in [0.5, 0.6) is 5.75 Å². The number of hydrogen-bond acceptors (Lipinski definition) is 6. The largest absolute Gasteiger partial charge is 0.495 e. The number of aryl methyl sites for hydroxylation is 1. The Morgan fingerprint density at radius 3 is 2.13 bits per heavy atom. The maximum absolute atomic E-state index is 12.8. The summed E-state index contributed by atoms with van der Waals surface area (Å²) in [6, 6.07) is 26.8. The number of alkyl carbamates (subject to hydrolysis) is 1. The van der Waals surface area contributed by atoms with Crippen LogP contribution in [0.15, 0.2) is 97.1 Å². The molecule has 0 radical (unpaired) electrons. The molecule has 11 nitrogen and oxygen atoms in total. The van der Waals surface area contributed by atoms with Crippen LogP contribution in [0.25, 0.3) is 0 Å². The van der Waals surface area contributed by atoms with Crippen molar-refractivity contribution in [1.82, 2.24) is 5.32 Å². The first kappa shape index (κ1) is 33.1. The number of carboxylic acid groups (broad SMARTS) is 1. The predicted molar refractivity (Wildman–Crippen MR) is 175 cm³/mol. The van der Waals surface area contributed by atoms with Crippen molar-refractivity contribution < 1.29 is 33.8 Å². The van der Waals surface area contributed by atoms with Crippen LogP contribution in [-0.4, -0.2) is 36.2 Å². The number of carbonyl (C=O) groups is 4. The number of methoxy groups -OCH3 is 1. The number of amides is 4. The molecular weight excluding hydrogens is 588 g/mol. The SMILES string of the molecule is COc1cc(CC(=O)Nc2ccc(C(NC(=O)OCc3ccccc3)[C@@H](C)C(=O)O)cc2)ccc1NC(=O)Nc1ccccc1C. The zero-order valence-corrected chi connectivity index (χ0v) is 25.7. The Bertz CT molecular complexity index is 1680. The van der Waals surface area contributed by atoms with E-state index in [4.69, 9.17) is 9.47 Å². The summed E-state index contributed by atoms with van der Waals surface area (Å²) in [5, 5.41) is 20.7. The van der Waals surface area contributed by atoms with Crippen LogP contribution in [0.3, 0.4) is 0 Å². The Morgan fingerprint density at radius 1 is 0.783 bits per heavy atom. The molecule has 0 fully saturated rings. The lowest BCUT2D eigenvalue weighted by atomic mass is 9.94. The molecule has 0 bridgehead atoms. The van der Waals surface area contributed by atoms with Crippen molar-refractivity contribution in [2.24, 2.45) is 5.92 Å². The van der Waals surface area contributed by atoms with Crippen LogP contribution in [-0.2, 0) is 27.4 Å². The highest BCUT2D eigenvalue weighted by atomic mass is 16.5. The summed E-state index contributed by atoms with van der Waals surface area (Å²) >= 11 is 0. The summed E-state index contributed by atoms with van der Waals surface area (Å²) in [4.78, 5) is 49.7. The highest BCUT2D eigenvalue weighted by molar-refractivity contribution is 6.01. The van der Waals surface area contributed by atoms with Gasteiger partial charge in [0.25, 0.3) is 0 Å².